The fourth-order valence-corrected chi connectivity index (χ4v) is 21.6. The Morgan fingerprint density at radius 3 is 1.41 bits per heavy atom. The van der Waals surface area contributed by atoms with Gasteiger partial charge in [-0.1, -0.05) is 119 Å². The molecule has 4 aromatic carbocycles. The number of amides is 19. The number of unbranched alkanes of at least 4 members (excludes halogenated alkanes) is 1. The van der Waals surface area contributed by atoms with Gasteiger partial charge in [0.25, 0.3) is 0 Å². The highest BCUT2D eigenvalue weighted by atomic mass is 32.2. The highest BCUT2D eigenvalue weighted by molar-refractivity contribution is 7.99. The van der Waals surface area contributed by atoms with Gasteiger partial charge in [-0.2, -0.15) is 35.3 Å². The number of rotatable bonds is 21. The van der Waals surface area contributed by atoms with Crippen molar-refractivity contribution < 1.29 is 106 Å². The molecule has 5 aliphatic heterocycles. The lowest BCUT2D eigenvalue weighted by Gasteiger charge is -2.42. The predicted molar refractivity (Wildman–Crippen MR) is 559 cm³/mol. The van der Waals surface area contributed by atoms with E-state index >= 15 is 47.9 Å². The predicted octanol–water partition coefficient (Wildman–Crippen LogP) is -0.721. The van der Waals surface area contributed by atoms with Gasteiger partial charge in [0.2, 0.25) is 112 Å². The molecule has 45 nitrogen and oxygen atoms in total. The van der Waals surface area contributed by atoms with Gasteiger partial charge in [0, 0.05) is 151 Å². The number of benzene rings is 4. The molecule has 0 unspecified atom stereocenters. The fraction of sp³-hybridized carbons (Fsp3) is 0.510. The van der Waals surface area contributed by atoms with E-state index in [0.29, 0.717) is 61.4 Å². The van der Waals surface area contributed by atoms with Gasteiger partial charge in [-0.3, -0.25) is 91.1 Å². The molecule has 48 heteroatoms. The van der Waals surface area contributed by atoms with E-state index in [1.54, 1.807) is 149 Å². The molecule has 3 aromatic heterocycles. The monoisotopic (exact) mass is 2130 g/mol. The van der Waals surface area contributed by atoms with Gasteiger partial charge in [0.15, 0.2) is 0 Å². The van der Waals surface area contributed by atoms with E-state index in [-0.39, 0.29) is 170 Å². The number of hydrogen-bond acceptors (Lipinski definition) is 25. The number of nitrogens with two attached hydrogens (primary N) is 2. The Morgan fingerprint density at radius 1 is 0.460 bits per heavy atom. The molecule has 808 valence electrons. The van der Waals surface area contributed by atoms with Crippen LogP contribution in [0.3, 0.4) is 0 Å². The van der Waals surface area contributed by atoms with Crippen molar-refractivity contribution >= 4 is 186 Å². The Morgan fingerprint density at radius 2 is 0.893 bits per heavy atom. The van der Waals surface area contributed by atoms with E-state index in [9.17, 15) is 58.2 Å². The smallest absolute Gasteiger partial charge is 0.327 e. The number of carboxylic acids is 1. The molecule has 0 spiro atoms. The van der Waals surface area contributed by atoms with Crippen molar-refractivity contribution in [3.05, 3.63) is 144 Å². The van der Waals surface area contributed by atoms with Crippen LogP contribution in [0.2, 0.25) is 0 Å². The molecule has 22 N–H and O–H groups in total. The lowest BCUT2D eigenvalue weighted by atomic mass is 9.96. The second kappa shape index (κ2) is 55.4. The van der Waals surface area contributed by atoms with Crippen molar-refractivity contribution in [2.75, 3.05) is 87.3 Å². The minimum atomic E-state index is -1.95. The second-order valence-electron chi connectivity index (χ2n) is 38.6. The summed E-state index contributed by atoms with van der Waals surface area (Å²) in [6, 6.07) is 7.83. The molecule has 4 bridgehead atoms. The number of carboxylic acid groups (broad SMARTS) is 1. The second-order valence-corrected chi connectivity index (χ2v) is 42.0. The standard InChI is InChI=1S/C102H135N23O22S3/c1-6-58(4)88-99(143)116-74(43-62-47-106-68-26-14-11-23-65(62)68)93(137)119-80(102(146)147)53-150-39-33-87(132)123-55-121-54-122(56-123)86(131)32-38-149-52-79(109-59(5)127)101(145)125-36-18-29-81(125)97(141)115-72(41-60-20-8-7-9-21-60)89(133)108-49-84(129)110-78(51-148-37-31-85(121)130)96(140)112-71(40-57(2)3)91(135)111-70(28-16-17-34-103)90(134)114-75(45-83(104)128)94(138)113-73(42-61-46-105-67-25-13-10-22-64(61)67)92(136)118-77(50-126)95(139)117-76(44-63-48-107-69-27-15-12-24-66(63)69)100(144)124-35-19-30-82(124)98(142)120-88/h7-15,20-27,46-48,57-58,70-82,88,105-107,126H,6,16-19,28-45,49-56,103H2,1-5H3,(H2,104,128)(H,108,133)(H,109,127)(H,110,129)(H,111,135)(H,112,140)(H,113,138)(H,114,134)(H,115,141)(H,116,143)(H,117,139)(H,118,136)(H,119,137)(H,120,142)(H,146,147)/t58-,70-,71-,72-,73-,74-,75-,76-,77-,78-,79+,80-,81-,82-,88-/m0/s1. The van der Waals surface area contributed by atoms with E-state index in [4.69, 9.17) is 11.5 Å². The number of thioether (sulfide) groups is 3. The minimum absolute atomic E-state index is 0.0297. The molecule has 12 rings (SSSR count). The Labute approximate surface area is 878 Å². The first-order chi connectivity index (χ1) is 72.0. The van der Waals surface area contributed by atoms with Gasteiger partial charge in [0.05, 0.1) is 39.6 Å². The number of aromatic nitrogens is 3. The number of hydrogen-bond donors (Lipinski definition) is 20. The fourth-order valence-electron chi connectivity index (χ4n) is 18.8. The van der Waals surface area contributed by atoms with Crippen LogP contribution in [0.15, 0.2) is 122 Å². The Kier molecular flexibility index (Phi) is 42.3. The average molecular weight is 2130 g/mol. The molecule has 0 aliphatic carbocycles. The summed E-state index contributed by atoms with van der Waals surface area (Å²) in [6.07, 6.45) is 3.04. The van der Waals surface area contributed by atoms with E-state index in [1.165, 1.54) is 31.4 Å². The summed E-state index contributed by atoms with van der Waals surface area (Å²) in [5, 5.41) is 58.7. The normalized spacial score (nSPS) is 24.9. The van der Waals surface area contributed by atoms with Crippen molar-refractivity contribution in [1.29, 1.82) is 0 Å². The van der Waals surface area contributed by atoms with Gasteiger partial charge in [0.1, 0.15) is 84.6 Å². The summed E-state index contributed by atoms with van der Waals surface area (Å²) in [5.41, 5.74) is 15.7. The summed E-state index contributed by atoms with van der Waals surface area (Å²) >= 11 is 3.06. The molecule has 15 atom stereocenters. The number of nitrogens with one attached hydrogen (secondary N) is 16. The molecular formula is C102H135N23O22S3. The molecule has 5 saturated heterocycles. The van der Waals surface area contributed by atoms with Gasteiger partial charge < -0.3 is 130 Å². The van der Waals surface area contributed by atoms with Gasteiger partial charge in [-0.15, -0.1) is 0 Å². The summed E-state index contributed by atoms with van der Waals surface area (Å²) in [5.74, 6) is -20.3. The Bertz CT molecular complexity index is 6040. The van der Waals surface area contributed by atoms with Crippen LogP contribution >= 0.6 is 35.3 Å². The molecule has 0 saturated carbocycles. The number of aliphatic carboxylic acids is 1. The van der Waals surface area contributed by atoms with Crippen LogP contribution in [-0.4, -0.2) is 340 Å². The number of carbonyl (C=O) groups is 20. The average Bonchev–Trinajstić information content (AvgIpc) is 1.84. The third-order valence-corrected chi connectivity index (χ3v) is 30.2. The van der Waals surface area contributed by atoms with Crippen molar-refractivity contribution in [3.63, 3.8) is 0 Å². The van der Waals surface area contributed by atoms with Crippen LogP contribution in [0.4, 0.5) is 0 Å². The van der Waals surface area contributed by atoms with Crippen molar-refractivity contribution in [3.8, 4) is 0 Å². The summed E-state index contributed by atoms with van der Waals surface area (Å²) in [4.78, 5) is 310. The molecular weight excluding hydrogens is 2000 g/mol. The number of aromatic amines is 3. The molecule has 150 heavy (non-hydrogen) atoms. The zero-order valence-electron chi connectivity index (χ0n) is 84.4. The molecule has 5 aliphatic rings. The third-order valence-electron chi connectivity index (χ3n) is 27.0. The van der Waals surface area contributed by atoms with Crippen molar-refractivity contribution in [1.82, 2.24) is 109 Å². The Balaban J connectivity index is 0.889. The molecule has 5 fully saturated rings. The maximum Gasteiger partial charge on any atom is 0.327 e. The lowest BCUT2D eigenvalue weighted by Crippen LogP contribution is -2.62. The minimum Gasteiger partial charge on any atom is -0.480 e. The number of fused-ring (bicyclic) bond motifs is 12. The number of primary amides is 1. The van der Waals surface area contributed by atoms with Gasteiger partial charge in [-0.25, -0.2) is 4.79 Å². The van der Waals surface area contributed by atoms with Crippen molar-refractivity contribution in [2.45, 2.75) is 228 Å². The van der Waals surface area contributed by atoms with E-state index in [1.807, 2.05) is 0 Å². The summed E-state index contributed by atoms with van der Waals surface area (Å²) < 4.78 is 0. The van der Waals surface area contributed by atoms with Crippen molar-refractivity contribution in [2.24, 2.45) is 23.3 Å². The van der Waals surface area contributed by atoms with Gasteiger partial charge >= 0.3 is 5.97 Å². The molecule has 0 radical (unpaired) electrons. The summed E-state index contributed by atoms with van der Waals surface area (Å²) in [7, 11) is 0. The van der Waals surface area contributed by atoms with Gasteiger partial charge in [-0.05, 0) is 110 Å². The zero-order chi connectivity index (χ0) is 108. The van der Waals surface area contributed by atoms with E-state index < -0.39 is 234 Å². The zero-order valence-corrected chi connectivity index (χ0v) is 86.8. The summed E-state index contributed by atoms with van der Waals surface area (Å²) in [6.45, 7) is 5.10. The number of carbonyl (C=O) groups excluding carboxylic acids is 19. The van der Waals surface area contributed by atoms with Crippen LogP contribution < -0.4 is 80.6 Å². The van der Waals surface area contributed by atoms with E-state index in [2.05, 4.69) is 84.1 Å². The molecule has 7 aromatic rings. The highest BCUT2D eigenvalue weighted by Crippen LogP contribution is 2.29. The number of aliphatic hydroxyl groups excluding tert-OH is 1. The first kappa shape index (κ1) is 115. The third kappa shape index (κ3) is 31.7. The lowest BCUT2D eigenvalue weighted by molar-refractivity contribution is -0.158. The van der Waals surface area contributed by atoms with E-state index in [0.717, 1.165) is 35.3 Å². The maximum atomic E-state index is 15.7. The van der Waals surface area contributed by atoms with Crippen LogP contribution in [0.25, 0.3) is 32.7 Å². The molecule has 19 amide bonds. The number of nitrogens with zero attached hydrogens (tertiary/aromatic N) is 5. The Hall–Kier alpha value is -14.1. The first-order valence-electron chi connectivity index (χ1n) is 50.5. The SMILES string of the molecule is CC[C@H](C)[C@@H]1NC(=O)[C@@H]2CCCN2C(=O)[C@H](Cc2c[nH]c3ccccc23)NC(=O)[C@H](CO)NC(=O)[C@H](Cc2c[nH]c3ccccc23)NC(=O)[C@H](CC(N)=O)NC(=O)[C@H](CCCCN)NC(=O)[C@H](CC(C)C)NC(=O)[C@@H]2CSCCC(=O)N3CN(CN(C3)C(=O)CCSC[C@@H](NC(C)=O)C(=O)N3CCC[C@H]3C(=O)N[C@@H](Cc3ccccc3)C(=O)NCC(=O)N2)C(=O)CCSC[C@@H](C(=O)O)NC(=O)[C@H](Cc2c[nH]c3ccccc23)NC1=O. The first-order valence-corrected chi connectivity index (χ1v) is 54.0. The number of aliphatic hydroxyl groups is 1. The molecule has 8 heterocycles. The van der Waals surface area contributed by atoms with Crippen LogP contribution in [0.5, 0.6) is 0 Å². The number of H-pyrrole nitrogens is 3. The maximum absolute atomic E-state index is 15.7. The topological polar surface area (TPSA) is 654 Å². The van der Waals surface area contributed by atoms with Crippen LogP contribution in [-0.2, 0) is 122 Å². The van der Waals surface area contributed by atoms with Crippen LogP contribution in [0.1, 0.15) is 140 Å². The highest BCUT2D eigenvalue weighted by Gasteiger charge is 2.45. The largest absolute Gasteiger partial charge is 0.480 e. The number of para-hydroxylation sites is 3. The van der Waals surface area contributed by atoms with Crippen LogP contribution in [0, 0.1) is 11.8 Å². The quantitative estimate of drug-likeness (QED) is 0.0395.